The maximum absolute atomic E-state index is 11.3. The molecule has 0 aromatic carbocycles. The highest BCUT2D eigenvalue weighted by Crippen LogP contribution is 2.24. The Balaban J connectivity index is 3.57. The van der Waals surface area contributed by atoms with Crippen LogP contribution in [-0.4, -0.2) is 25.0 Å². The third kappa shape index (κ3) is 7.69. The third-order valence-corrected chi connectivity index (χ3v) is 2.91. The Morgan fingerprint density at radius 3 is 2.19 bits per heavy atom. The number of carbonyl (C=O) groups excluding carboxylic acids is 1. The Labute approximate surface area is 100 Å². The van der Waals surface area contributed by atoms with Crippen LogP contribution in [0.4, 0.5) is 0 Å². The van der Waals surface area contributed by atoms with Crippen LogP contribution < -0.4 is 10.6 Å². The first kappa shape index (κ1) is 15.4. The van der Waals surface area contributed by atoms with Crippen molar-refractivity contribution in [2.75, 3.05) is 13.1 Å². The van der Waals surface area contributed by atoms with Crippen molar-refractivity contribution in [1.29, 1.82) is 0 Å². The Bertz CT molecular complexity index is 206. The fraction of sp³-hybridized carbons (Fsp3) is 0.923. The molecule has 1 unspecified atom stereocenters. The van der Waals surface area contributed by atoms with E-state index >= 15 is 0 Å². The van der Waals surface area contributed by atoms with E-state index in [1.165, 1.54) is 0 Å². The van der Waals surface area contributed by atoms with Gasteiger partial charge in [0.25, 0.3) is 0 Å². The van der Waals surface area contributed by atoms with Gasteiger partial charge in [-0.15, -0.1) is 0 Å². The second-order valence-electron chi connectivity index (χ2n) is 5.94. The summed E-state index contributed by atoms with van der Waals surface area (Å²) in [6.45, 7) is 14.7. The van der Waals surface area contributed by atoms with Crippen LogP contribution in [0.1, 0.15) is 48.0 Å². The second-order valence-corrected chi connectivity index (χ2v) is 5.94. The van der Waals surface area contributed by atoms with Crippen molar-refractivity contribution in [3.63, 3.8) is 0 Å². The van der Waals surface area contributed by atoms with Crippen LogP contribution in [0.2, 0.25) is 0 Å². The summed E-state index contributed by atoms with van der Waals surface area (Å²) in [6.07, 6.45) is 0.565. The molecule has 0 aromatic rings. The molecule has 0 saturated heterocycles. The topological polar surface area (TPSA) is 41.1 Å². The fourth-order valence-electron chi connectivity index (χ4n) is 1.22. The first-order valence-corrected chi connectivity index (χ1v) is 6.23. The van der Waals surface area contributed by atoms with Gasteiger partial charge >= 0.3 is 0 Å². The summed E-state index contributed by atoms with van der Waals surface area (Å²) in [5.41, 5.74) is 0.327. The lowest BCUT2D eigenvalue weighted by Crippen LogP contribution is -2.35. The van der Waals surface area contributed by atoms with Crippen molar-refractivity contribution in [2.45, 2.75) is 54.0 Å². The number of hydrogen-bond donors (Lipinski definition) is 2. The zero-order valence-corrected chi connectivity index (χ0v) is 11.7. The van der Waals surface area contributed by atoms with Crippen molar-refractivity contribution in [3.05, 3.63) is 0 Å². The van der Waals surface area contributed by atoms with E-state index in [4.69, 9.17) is 0 Å². The minimum atomic E-state index is 0.130. The van der Waals surface area contributed by atoms with E-state index in [-0.39, 0.29) is 11.9 Å². The molecule has 0 rings (SSSR count). The minimum absolute atomic E-state index is 0.130. The standard InChI is InChI=1S/C13H28N2O/c1-10(2)15-12(16)7-8-14-9-11(3)13(4,5)6/h10-11,14H,7-9H2,1-6H3,(H,15,16). The first-order valence-electron chi connectivity index (χ1n) is 6.23. The van der Waals surface area contributed by atoms with E-state index in [0.29, 0.717) is 17.8 Å². The maximum Gasteiger partial charge on any atom is 0.221 e. The van der Waals surface area contributed by atoms with E-state index in [0.717, 1.165) is 13.1 Å². The Kier molecular flexibility index (Phi) is 6.65. The molecule has 3 nitrogen and oxygen atoms in total. The van der Waals surface area contributed by atoms with Gasteiger partial charge < -0.3 is 10.6 Å². The van der Waals surface area contributed by atoms with Crippen molar-refractivity contribution >= 4 is 5.91 Å². The normalized spacial score (nSPS) is 13.9. The summed E-state index contributed by atoms with van der Waals surface area (Å²) in [5, 5.41) is 6.22. The van der Waals surface area contributed by atoms with Crippen molar-refractivity contribution in [3.8, 4) is 0 Å². The molecule has 0 radical (unpaired) electrons. The second kappa shape index (κ2) is 6.89. The lowest BCUT2D eigenvalue weighted by atomic mass is 9.82. The number of rotatable bonds is 6. The van der Waals surface area contributed by atoms with Crippen LogP contribution in [0.25, 0.3) is 0 Å². The first-order chi connectivity index (χ1) is 7.23. The van der Waals surface area contributed by atoms with Crippen molar-refractivity contribution in [2.24, 2.45) is 11.3 Å². The molecule has 0 spiro atoms. The predicted octanol–water partition coefficient (Wildman–Crippen LogP) is 2.17. The van der Waals surface area contributed by atoms with Crippen LogP contribution in [0.15, 0.2) is 0 Å². The summed E-state index contributed by atoms with van der Waals surface area (Å²) in [6, 6.07) is 0.237. The summed E-state index contributed by atoms with van der Waals surface area (Å²) in [5.74, 6) is 0.742. The molecular formula is C13H28N2O. The lowest BCUT2D eigenvalue weighted by Gasteiger charge is -2.27. The summed E-state index contributed by atoms with van der Waals surface area (Å²) >= 11 is 0. The van der Waals surface area contributed by atoms with Crippen LogP contribution in [0.3, 0.4) is 0 Å². The Hall–Kier alpha value is -0.570. The SMILES string of the molecule is CC(C)NC(=O)CCNCC(C)C(C)(C)C. The molecular weight excluding hydrogens is 200 g/mol. The van der Waals surface area contributed by atoms with Crippen LogP contribution in [0.5, 0.6) is 0 Å². The molecule has 16 heavy (non-hydrogen) atoms. The van der Waals surface area contributed by atoms with E-state index < -0.39 is 0 Å². The van der Waals surface area contributed by atoms with E-state index in [2.05, 4.69) is 38.3 Å². The van der Waals surface area contributed by atoms with E-state index in [1.807, 2.05) is 13.8 Å². The van der Waals surface area contributed by atoms with Gasteiger partial charge in [0, 0.05) is 19.0 Å². The largest absolute Gasteiger partial charge is 0.354 e. The quantitative estimate of drug-likeness (QED) is 0.684. The van der Waals surface area contributed by atoms with Gasteiger partial charge in [-0.25, -0.2) is 0 Å². The fourth-order valence-corrected chi connectivity index (χ4v) is 1.22. The monoisotopic (exact) mass is 228 g/mol. The van der Waals surface area contributed by atoms with Gasteiger partial charge in [0.15, 0.2) is 0 Å². The predicted molar refractivity (Wildman–Crippen MR) is 69.4 cm³/mol. The molecule has 0 saturated carbocycles. The molecule has 0 heterocycles. The lowest BCUT2D eigenvalue weighted by molar-refractivity contribution is -0.121. The highest BCUT2D eigenvalue weighted by Gasteiger charge is 2.19. The third-order valence-electron chi connectivity index (χ3n) is 2.91. The molecule has 0 aliphatic carbocycles. The number of nitrogens with one attached hydrogen (secondary N) is 2. The zero-order valence-electron chi connectivity index (χ0n) is 11.7. The highest BCUT2D eigenvalue weighted by molar-refractivity contribution is 5.76. The Morgan fingerprint density at radius 1 is 1.19 bits per heavy atom. The summed E-state index contributed by atoms with van der Waals surface area (Å²) < 4.78 is 0. The van der Waals surface area contributed by atoms with E-state index in [1.54, 1.807) is 0 Å². The van der Waals surface area contributed by atoms with Gasteiger partial charge in [-0.05, 0) is 31.7 Å². The molecule has 1 amide bonds. The maximum atomic E-state index is 11.3. The van der Waals surface area contributed by atoms with Gasteiger partial charge in [0.2, 0.25) is 5.91 Å². The van der Waals surface area contributed by atoms with Gasteiger partial charge in [-0.1, -0.05) is 27.7 Å². The van der Waals surface area contributed by atoms with Gasteiger partial charge in [0.1, 0.15) is 0 Å². The average Bonchev–Trinajstić information content (AvgIpc) is 2.09. The number of amides is 1. The number of hydrogen-bond acceptors (Lipinski definition) is 2. The summed E-state index contributed by atoms with van der Waals surface area (Å²) in [7, 11) is 0. The van der Waals surface area contributed by atoms with Crippen LogP contribution >= 0.6 is 0 Å². The van der Waals surface area contributed by atoms with Crippen LogP contribution in [0, 0.1) is 11.3 Å². The molecule has 0 fully saturated rings. The van der Waals surface area contributed by atoms with Crippen LogP contribution in [-0.2, 0) is 4.79 Å². The molecule has 3 heteroatoms. The number of carbonyl (C=O) groups is 1. The van der Waals surface area contributed by atoms with Crippen molar-refractivity contribution in [1.82, 2.24) is 10.6 Å². The van der Waals surface area contributed by atoms with Crippen molar-refractivity contribution < 1.29 is 4.79 Å². The molecule has 1 atom stereocenters. The van der Waals surface area contributed by atoms with Gasteiger partial charge in [0.05, 0.1) is 0 Å². The Morgan fingerprint density at radius 2 is 1.75 bits per heavy atom. The smallest absolute Gasteiger partial charge is 0.221 e. The van der Waals surface area contributed by atoms with Gasteiger partial charge in [-0.3, -0.25) is 4.79 Å². The molecule has 0 aliphatic rings. The zero-order chi connectivity index (χ0) is 12.8. The molecule has 2 N–H and O–H groups in total. The molecule has 96 valence electrons. The minimum Gasteiger partial charge on any atom is -0.354 e. The highest BCUT2D eigenvalue weighted by atomic mass is 16.1. The average molecular weight is 228 g/mol. The molecule has 0 aromatic heterocycles. The summed E-state index contributed by atoms with van der Waals surface area (Å²) in [4.78, 5) is 11.3. The molecule has 0 bridgehead atoms. The van der Waals surface area contributed by atoms with E-state index in [9.17, 15) is 4.79 Å². The van der Waals surface area contributed by atoms with Gasteiger partial charge in [-0.2, -0.15) is 0 Å². The molecule has 0 aliphatic heterocycles.